The fourth-order valence-corrected chi connectivity index (χ4v) is 6.32. The van der Waals surface area contributed by atoms with Crippen LogP contribution in [-0.4, -0.2) is 38.8 Å². The molecule has 2 aromatic rings. The standard InChI is InChI=1S/C25H29ClF3N3O2/c1-24(2)16-4-3-15(19(24)11-16)13-30-9-7-17(8-10-30)31-14-22(33)32(23(31)34)18-5-6-21(26)20(12-18)25(27,28)29/h3,5-6,12,14,16-17,19,33H,4,7-11,13H2,1-2H3/t16-,19-/m0/s1. The molecule has 1 N–H and O–H groups in total. The second kappa shape index (κ2) is 8.19. The van der Waals surface area contributed by atoms with Gasteiger partial charge in [-0.3, -0.25) is 9.47 Å². The molecule has 1 aromatic carbocycles. The predicted molar refractivity (Wildman–Crippen MR) is 124 cm³/mol. The quantitative estimate of drug-likeness (QED) is 0.558. The fraction of sp³-hybridized carbons (Fsp3) is 0.560. The first-order valence-corrected chi connectivity index (χ1v) is 12.2. The summed E-state index contributed by atoms with van der Waals surface area (Å²) in [5.41, 5.74) is 0.265. The Bertz CT molecular complexity index is 1190. The lowest BCUT2D eigenvalue weighted by Crippen LogP contribution is -2.50. The largest absolute Gasteiger partial charge is 0.493 e. The Balaban J connectivity index is 1.30. The number of piperidine rings is 1. The molecule has 1 saturated heterocycles. The molecule has 0 amide bonds. The average molecular weight is 496 g/mol. The monoisotopic (exact) mass is 495 g/mol. The molecule has 9 heteroatoms. The molecule has 3 aliphatic carbocycles. The first-order valence-electron chi connectivity index (χ1n) is 11.8. The number of fused-ring (bicyclic) bond motifs is 1. The van der Waals surface area contributed by atoms with E-state index in [0.717, 1.165) is 61.5 Å². The van der Waals surface area contributed by atoms with Gasteiger partial charge in [-0.1, -0.05) is 37.1 Å². The van der Waals surface area contributed by atoms with E-state index in [4.69, 9.17) is 11.6 Å². The molecule has 2 atom stereocenters. The molecule has 0 unspecified atom stereocenters. The Morgan fingerprint density at radius 3 is 2.53 bits per heavy atom. The van der Waals surface area contributed by atoms with Gasteiger partial charge in [-0.25, -0.2) is 9.36 Å². The summed E-state index contributed by atoms with van der Waals surface area (Å²) in [6.45, 7) is 7.35. The van der Waals surface area contributed by atoms with Gasteiger partial charge in [0, 0.05) is 25.7 Å². The van der Waals surface area contributed by atoms with Crippen molar-refractivity contribution in [2.75, 3.05) is 19.6 Å². The van der Waals surface area contributed by atoms with Crippen LogP contribution in [0, 0.1) is 17.3 Å². The molecule has 1 aliphatic heterocycles. The number of halogens is 4. The summed E-state index contributed by atoms with van der Waals surface area (Å²) in [7, 11) is 0. The highest BCUT2D eigenvalue weighted by atomic mass is 35.5. The van der Waals surface area contributed by atoms with Crippen LogP contribution in [-0.2, 0) is 6.18 Å². The van der Waals surface area contributed by atoms with Gasteiger partial charge in [0.25, 0.3) is 0 Å². The SMILES string of the molecule is CC1(C)[C@H]2CC=C(CN3CCC(n4cc(O)n(-c5ccc(Cl)c(C(F)(F)F)c5)c4=O)CC3)[C@@H]1C2. The summed E-state index contributed by atoms with van der Waals surface area (Å²) in [5.74, 6) is 1.08. The number of imidazole rings is 1. The topological polar surface area (TPSA) is 50.4 Å². The molecule has 2 fully saturated rings. The molecular formula is C25H29ClF3N3O2. The van der Waals surface area contributed by atoms with Crippen LogP contribution in [0.25, 0.3) is 5.69 Å². The first kappa shape index (κ1) is 23.5. The normalized spacial score (nSPS) is 25.2. The molecule has 6 rings (SSSR count). The zero-order valence-corrected chi connectivity index (χ0v) is 20.0. The summed E-state index contributed by atoms with van der Waals surface area (Å²) in [4.78, 5) is 15.5. The van der Waals surface area contributed by atoms with Crippen molar-refractivity contribution in [1.29, 1.82) is 0 Å². The van der Waals surface area contributed by atoms with Gasteiger partial charge < -0.3 is 5.11 Å². The van der Waals surface area contributed by atoms with Crippen LogP contribution >= 0.6 is 11.6 Å². The third-order valence-corrected chi connectivity index (χ3v) is 8.68. The van der Waals surface area contributed by atoms with Gasteiger partial charge in [-0.15, -0.1) is 0 Å². The van der Waals surface area contributed by atoms with E-state index in [1.54, 1.807) is 0 Å². The molecule has 4 aliphatic rings. The van der Waals surface area contributed by atoms with Gasteiger partial charge in [0.2, 0.25) is 5.88 Å². The maximum atomic E-state index is 13.3. The highest BCUT2D eigenvalue weighted by Crippen LogP contribution is 2.59. The average Bonchev–Trinajstić information content (AvgIpc) is 3.08. The van der Waals surface area contributed by atoms with Gasteiger partial charge in [-0.2, -0.15) is 13.2 Å². The van der Waals surface area contributed by atoms with Crippen molar-refractivity contribution in [2.24, 2.45) is 17.3 Å². The summed E-state index contributed by atoms with van der Waals surface area (Å²) in [5, 5.41) is 9.97. The van der Waals surface area contributed by atoms with E-state index < -0.39 is 28.3 Å². The second-order valence-electron chi connectivity index (χ2n) is 10.5. The zero-order chi connectivity index (χ0) is 24.4. The van der Waals surface area contributed by atoms with E-state index in [1.807, 2.05) is 0 Å². The molecule has 5 nitrogen and oxygen atoms in total. The van der Waals surface area contributed by atoms with Crippen LogP contribution in [0.2, 0.25) is 5.02 Å². The number of likely N-dealkylation sites (tertiary alicyclic amines) is 1. The molecule has 2 bridgehead atoms. The van der Waals surface area contributed by atoms with Crippen molar-refractivity contribution in [1.82, 2.24) is 14.0 Å². The highest BCUT2D eigenvalue weighted by molar-refractivity contribution is 6.31. The molecule has 2 heterocycles. The number of allylic oxidation sites excluding steroid dienone is 1. The van der Waals surface area contributed by atoms with Crippen molar-refractivity contribution in [2.45, 2.75) is 51.7 Å². The Kier molecular flexibility index (Phi) is 5.67. The number of nitrogens with zero attached hydrogens (tertiary/aromatic N) is 3. The predicted octanol–water partition coefficient (Wildman–Crippen LogP) is 5.65. The van der Waals surface area contributed by atoms with Gasteiger partial charge in [-0.05, 0) is 61.1 Å². The number of aromatic nitrogens is 2. The number of aromatic hydroxyl groups is 1. The third kappa shape index (κ3) is 3.88. The van der Waals surface area contributed by atoms with Crippen molar-refractivity contribution in [3.05, 3.63) is 57.1 Å². The third-order valence-electron chi connectivity index (χ3n) is 8.35. The maximum Gasteiger partial charge on any atom is 0.417 e. The van der Waals surface area contributed by atoms with Crippen molar-refractivity contribution in [3.63, 3.8) is 0 Å². The lowest BCUT2D eigenvalue weighted by Gasteiger charge is -2.57. The van der Waals surface area contributed by atoms with Gasteiger partial charge in [0.05, 0.1) is 22.5 Å². The Morgan fingerprint density at radius 1 is 1.21 bits per heavy atom. The van der Waals surface area contributed by atoms with E-state index in [-0.39, 0.29) is 11.7 Å². The molecule has 0 spiro atoms. The van der Waals surface area contributed by atoms with Crippen molar-refractivity contribution < 1.29 is 18.3 Å². The van der Waals surface area contributed by atoms with Crippen LogP contribution in [0.15, 0.2) is 40.8 Å². The van der Waals surface area contributed by atoms with Gasteiger partial charge in [0.1, 0.15) is 0 Å². The number of hydrogen-bond donors (Lipinski definition) is 1. The minimum atomic E-state index is -4.66. The molecule has 1 saturated carbocycles. The van der Waals surface area contributed by atoms with Gasteiger partial charge >= 0.3 is 11.9 Å². The fourth-order valence-electron chi connectivity index (χ4n) is 6.09. The van der Waals surface area contributed by atoms with Gasteiger partial charge in [0.15, 0.2) is 0 Å². The summed E-state index contributed by atoms with van der Waals surface area (Å²) in [6.07, 6.45) is 3.01. The lowest BCUT2D eigenvalue weighted by atomic mass is 9.49. The van der Waals surface area contributed by atoms with E-state index in [2.05, 4.69) is 24.8 Å². The Hall–Kier alpha value is -2.19. The molecule has 184 valence electrons. The molecular weight excluding hydrogens is 467 g/mol. The van der Waals surface area contributed by atoms with E-state index >= 15 is 0 Å². The number of alkyl halides is 3. The van der Waals surface area contributed by atoms with Crippen LogP contribution in [0.3, 0.4) is 0 Å². The zero-order valence-electron chi connectivity index (χ0n) is 19.3. The first-order chi connectivity index (χ1) is 16.0. The highest BCUT2D eigenvalue weighted by Gasteiger charge is 2.51. The number of rotatable bonds is 4. The van der Waals surface area contributed by atoms with E-state index in [9.17, 15) is 23.1 Å². The molecule has 0 radical (unpaired) electrons. The lowest BCUT2D eigenvalue weighted by molar-refractivity contribution is -0.137. The smallest absolute Gasteiger partial charge is 0.417 e. The molecule has 1 aromatic heterocycles. The second-order valence-corrected chi connectivity index (χ2v) is 10.9. The number of benzene rings is 1. The van der Waals surface area contributed by atoms with Crippen LogP contribution in [0.4, 0.5) is 13.2 Å². The Labute approximate surface area is 201 Å². The maximum absolute atomic E-state index is 13.3. The summed E-state index contributed by atoms with van der Waals surface area (Å²) < 4.78 is 42.2. The Morgan fingerprint density at radius 2 is 1.91 bits per heavy atom. The van der Waals surface area contributed by atoms with E-state index in [1.165, 1.54) is 28.8 Å². The molecule has 34 heavy (non-hydrogen) atoms. The van der Waals surface area contributed by atoms with E-state index in [0.29, 0.717) is 11.3 Å². The number of hydrogen-bond acceptors (Lipinski definition) is 3. The van der Waals surface area contributed by atoms with Crippen molar-refractivity contribution in [3.8, 4) is 11.6 Å². The van der Waals surface area contributed by atoms with Crippen LogP contribution < -0.4 is 5.69 Å². The van der Waals surface area contributed by atoms with Crippen LogP contribution in [0.5, 0.6) is 5.88 Å². The van der Waals surface area contributed by atoms with Crippen molar-refractivity contribution >= 4 is 11.6 Å². The summed E-state index contributed by atoms with van der Waals surface area (Å²) >= 11 is 5.70. The minimum Gasteiger partial charge on any atom is -0.493 e. The minimum absolute atomic E-state index is 0.0685. The van der Waals surface area contributed by atoms with Crippen LogP contribution in [0.1, 0.15) is 51.1 Å². The summed E-state index contributed by atoms with van der Waals surface area (Å²) in [6, 6.07) is 3.07.